The monoisotopic (exact) mass is 235 g/mol. The fraction of sp³-hybridized carbons (Fsp3) is 0.333. The first kappa shape index (κ1) is 11.4. The van der Waals surface area contributed by atoms with Crippen LogP contribution in [0.3, 0.4) is 0 Å². The molecule has 0 spiro atoms. The van der Waals surface area contributed by atoms with Crippen molar-refractivity contribution in [2.75, 3.05) is 13.7 Å². The van der Waals surface area contributed by atoms with Crippen LogP contribution in [0.15, 0.2) is 17.8 Å². The second-order valence-electron chi connectivity index (χ2n) is 3.84. The van der Waals surface area contributed by atoms with E-state index < -0.39 is 4.92 Å². The topological polar surface area (TPSA) is 61.6 Å². The van der Waals surface area contributed by atoms with Gasteiger partial charge in [-0.05, 0) is 12.1 Å². The molecule has 0 saturated carbocycles. The van der Waals surface area contributed by atoms with Crippen LogP contribution >= 0.6 is 0 Å². The smallest absolute Gasteiger partial charge is 0.243 e. The highest BCUT2D eigenvalue weighted by Gasteiger charge is 2.16. The van der Waals surface area contributed by atoms with Crippen LogP contribution in [0.5, 0.6) is 11.5 Å². The third-order valence-electron chi connectivity index (χ3n) is 2.69. The summed E-state index contributed by atoms with van der Waals surface area (Å²) in [6, 6.07) is 3.66. The maximum Gasteiger partial charge on any atom is 0.243 e. The van der Waals surface area contributed by atoms with Gasteiger partial charge in [0.1, 0.15) is 11.5 Å². The summed E-state index contributed by atoms with van der Waals surface area (Å²) in [5.41, 5.74) is 1.82. The van der Waals surface area contributed by atoms with Gasteiger partial charge in [-0.25, -0.2) is 0 Å². The number of nitro groups is 1. The standard InChI is InChI=1S/C12H13NO4/c1-8(13(14)15)5-10-7-12-9(3-4-17-12)6-11(10)16-2/h5-7H,3-4H2,1-2H3/b8-5+. The molecule has 0 atom stereocenters. The fourth-order valence-corrected chi connectivity index (χ4v) is 1.79. The van der Waals surface area contributed by atoms with E-state index in [-0.39, 0.29) is 5.70 Å². The van der Waals surface area contributed by atoms with Gasteiger partial charge in [-0.1, -0.05) is 0 Å². The quantitative estimate of drug-likeness (QED) is 0.595. The van der Waals surface area contributed by atoms with E-state index in [2.05, 4.69) is 0 Å². The van der Waals surface area contributed by atoms with E-state index in [4.69, 9.17) is 9.47 Å². The van der Waals surface area contributed by atoms with Gasteiger partial charge in [0.2, 0.25) is 5.70 Å². The number of hydrogen-bond acceptors (Lipinski definition) is 4. The summed E-state index contributed by atoms with van der Waals surface area (Å²) >= 11 is 0. The summed E-state index contributed by atoms with van der Waals surface area (Å²) in [6.45, 7) is 2.10. The second-order valence-corrected chi connectivity index (χ2v) is 3.84. The van der Waals surface area contributed by atoms with Gasteiger partial charge in [0, 0.05) is 30.5 Å². The molecule has 0 bridgehead atoms. The molecule has 0 N–H and O–H groups in total. The zero-order valence-corrected chi connectivity index (χ0v) is 9.73. The lowest BCUT2D eigenvalue weighted by atomic mass is 10.1. The summed E-state index contributed by atoms with van der Waals surface area (Å²) in [7, 11) is 1.55. The van der Waals surface area contributed by atoms with E-state index in [0.29, 0.717) is 17.9 Å². The van der Waals surface area contributed by atoms with E-state index in [9.17, 15) is 10.1 Å². The van der Waals surface area contributed by atoms with Crippen molar-refractivity contribution in [2.45, 2.75) is 13.3 Å². The van der Waals surface area contributed by atoms with Gasteiger partial charge in [0.25, 0.3) is 0 Å². The molecule has 1 aliphatic rings. The number of nitrogens with zero attached hydrogens (tertiary/aromatic N) is 1. The average Bonchev–Trinajstić information content (AvgIpc) is 2.74. The molecule has 90 valence electrons. The largest absolute Gasteiger partial charge is 0.496 e. The minimum Gasteiger partial charge on any atom is -0.496 e. The van der Waals surface area contributed by atoms with Crippen LogP contribution in [0.2, 0.25) is 0 Å². The lowest BCUT2D eigenvalue weighted by Gasteiger charge is -2.07. The Balaban J connectivity index is 2.46. The normalized spacial score (nSPS) is 14.1. The Morgan fingerprint density at radius 2 is 2.35 bits per heavy atom. The summed E-state index contributed by atoms with van der Waals surface area (Å²) in [6.07, 6.45) is 2.34. The molecular formula is C12H13NO4. The molecule has 1 aliphatic heterocycles. The summed E-state index contributed by atoms with van der Waals surface area (Å²) in [4.78, 5) is 10.2. The van der Waals surface area contributed by atoms with Crippen LogP contribution in [0.25, 0.3) is 6.08 Å². The first-order valence-electron chi connectivity index (χ1n) is 5.28. The molecule has 0 aromatic heterocycles. The van der Waals surface area contributed by atoms with Crippen LogP contribution in [-0.4, -0.2) is 18.6 Å². The van der Waals surface area contributed by atoms with Crippen molar-refractivity contribution in [1.29, 1.82) is 0 Å². The molecule has 0 radical (unpaired) electrons. The highest BCUT2D eigenvalue weighted by atomic mass is 16.6. The molecule has 0 fully saturated rings. The zero-order valence-electron chi connectivity index (χ0n) is 9.73. The molecule has 17 heavy (non-hydrogen) atoms. The van der Waals surface area contributed by atoms with Gasteiger partial charge < -0.3 is 9.47 Å². The van der Waals surface area contributed by atoms with Crippen molar-refractivity contribution >= 4 is 6.08 Å². The second kappa shape index (κ2) is 4.45. The van der Waals surface area contributed by atoms with Crippen LogP contribution in [0, 0.1) is 10.1 Å². The Kier molecular flexibility index (Phi) is 2.99. The van der Waals surface area contributed by atoms with E-state index in [0.717, 1.165) is 17.7 Å². The van der Waals surface area contributed by atoms with Gasteiger partial charge >= 0.3 is 0 Å². The Hall–Kier alpha value is -2.04. The van der Waals surface area contributed by atoms with Crippen molar-refractivity contribution in [2.24, 2.45) is 0 Å². The molecule has 0 aliphatic carbocycles. The number of benzene rings is 1. The molecule has 1 heterocycles. The maximum absolute atomic E-state index is 10.6. The minimum absolute atomic E-state index is 0.0706. The average molecular weight is 235 g/mol. The lowest BCUT2D eigenvalue weighted by Crippen LogP contribution is -1.95. The van der Waals surface area contributed by atoms with E-state index in [1.807, 2.05) is 6.07 Å². The van der Waals surface area contributed by atoms with Crippen molar-refractivity contribution in [3.05, 3.63) is 39.1 Å². The fourth-order valence-electron chi connectivity index (χ4n) is 1.79. The van der Waals surface area contributed by atoms with Crippen molar-refractivity contribution in [1.82, 2.24) is 0 Å². The van der Waals surface area contributed by atoms with Crippen molar-refractivity contribution in [3.63, 3.8) is 0 Å². The number of hydrogen-bond donors (Lipinski definition) is 0. The number of methoxy groups -OCH3 is 1. The van der Waals surface area contributed by atoms with Gasteiger partial charge in [-0.2, -0.15) is 0 Å². The maximum atomic E-state index is 10.6. The van der Waals surface area contributed by atoms with Gasteiger partial charge in [0.15, 0.2) is 0 Å². The molecule has 5 heteroatoms. The Labute approximate surface area is 98.8 Å². The van der Waals surface area contributed by atoms with Crippen molar-refractivity contribution in [3.8, 4) is 11.5 Å². The Morgan fingerprint density at radius 1 is 1.59 bits per heavy atom. The van der Waals surface area contributed by atoms with E-state index in [1.165, 1.54) is 13.0 Å². The Bertz CT molecular complexity index is 494. The molecule has 2 rings (SSSR count). The van der Waals surface area contributed by atoms with Gasteiger partial charge in [-0.15, -0.1) is 0 Å². The third-order valence-corrected chi connectivity index (χ3v) is 2.69. The van der Waals surface area contributed by atoms with E-state index in [1.54, 1.807) is 13.2 Å². The molecule has 0 amide bonds. The molecular weight excluding hydrogens is 222 g/mol. The third kappa shape index (κ3) is 2.22. The highest BCUT2D eigenvalue weighted by molar-refractivity contribution is 5.63. The molecule has 1 aromatic rings. The van der Waals surface area contributed by atoms with Gasteiger partial charge in [-0.3, -0.25) is 10.1 Å². The van der Waals surface area contributed by atoms with Gasteiger partial charge in [0.05, 0.1) is 18.6 Å². The predicted octanol–water partition coefficient (Wildman–Crippen LogP) is 2.27. The molecule has 0 unspecified atom stereocenters. The van der Waals surface area contributed by atoms with Crippen molar-refractivity contribution < 1.29 is 14.4 Å². The minimum atomic E-state index is -0.423. The summed E-state index contributed by atoms with van der Waals surface area (Å²) < 4.78 is 10.7. The van der Waals surface area contributed by atoms with Crippen LogP contribution < -0.4 is 9.47 Å². The number of ether oxygens (including phenoxy) is 2. The van der Waals surface area contributed by atoms with Crippen LogP contribution in [-0.2, 0) is 6.42 Å². The highest BCUT2D eigenvalue weighted by Crippen LogP contribution is 2.33. The lowest BCUT2D eigenvalue weighted by molar-refractivity contribution is -0.422. The summed E-state index contributed by atoms with van der Waals surface area (Å²) in [5, 5.41) is 10.6. The number of rotatable bonds is 3. The summed E-state index contributed by atoms with van der Waals surface area (Å²) in [5.74, 6) is 1.42. The first-order chi connectivity index (χ1) is 8.11. The Morgan fingerprint density at radius 3 is 3.00 bits per heavy atom. The first-order valence-corrected chi connectivity index (χ1v) is 5.28. The molecule has 5 nitrogen and oxygen atoms in total. The number of fused-ring (bicyclic) bond motifs is 1. The zero-order chi connectivity index (χ0) is 12.4. The number of allylic oxidation sites excluding steroid dienone is 1. The SMILES string of the molecule is COc1cc2c(cc1/C=C(\C)[N+](=O)[O-])OCC2. The van der Waals surface area contributed by atoms with Crippen LogP contribution in [0.1, 0.15) is 18.1 Å². The van der Waals surface area contributed by atoms with E-state index >= 15 is 0 Å². The molecule has 0 saturated heterocycles. The van der Waals surface area contributed by atoms with Crippen LogP contribution in [0.4, 0.5) is 0 Å². The molecule has 1 aromatic carbocycles. The predicted molar refractivity (Wildman–Crippen MR) is 62.8 cm³/mol.